The minimum absolute atomic E-state index is 0.116. The van der Waals surface area contributed by atoms with Gasteiger partial charge in [0.05, 0.1) is 5.41 Å². The smallest absolute Gasteiger partial charge is 0.224 e. The van der Waals surface area contributed by atoms with Gasteiger partial charge in [-0.1, -0.05) is 6.92 Å². The van der Waals surface area contributed by atoms with E-state index in [0.29, 0.717) is 13.0 Å². The summed E-state index contributed by atoms with van der Waals surface area (Å²) in [6.07, 6.45) is 0.694. The van der Waals surface area contributed by atoms with E-state index in [1.807, 2.05) is 6.92 Å². The maximum atomic E-state index is 11.5. The van der Waals surface area contributed by atoms with E-state index in [9.17, 15) is 9.59 Å². The number of hydrogen-bond acceptors (Lipinski definition) is 3. The van der Waals surface area contributed by atoms with Crippen LogP contribution in [0.1, 0.15) is 27.2 Å². The van der Waals surface area contributed by atoms with Crippen LogP contribution in [0.2, 0.25) is 0 Å². The van der Waals surface area contributed by atoms with Gasteiger partial charge in [0.15, 0.2) is 0 Å². The predicted octanol–water partition coefficient (Wildman–Crippen LogP) is -0.401. The van der Waals surface area contributed by atoms with Crippen LogP contribution >= 0.6 is 0 Å². The lowest BCUT2D eigenvalue weighted by Gasteiger charge is -2.22. The Morgan fingerprint density at radius 3 is 2.27 bits per heavy atom. The quantitative estimate of drug-likeness (QED) is 0.562. The zero-order valence-corrected chi connectivity index (χ0v) is 9.67. The Labute approximate surface area is 90.6 Å². The molecule has 0 aliphatic carbocycles. The molecule has 0 aromatic carbocycles. The molecular weight excluding hydrogens is 194 g/mol. The standard InChI is InChI=1S/C10H21N3O2/c1-4-7(5-11)8(14)13-6-10(2,3)9(12)15/h7H,4-6,11H2,1-3H3,(H2,12,15)(H,13,14). The third kappa shape index (κ3) is 4.29. The highest BCUT2D eigenvalue weighted by molar-refractivity contribution is 5.82. The van der Waals surface area contributed by atoms with Crippen LogP contribution < -0.4 is 16.8 Å². The van der Waals surface area contributed by atoms with Gasteiger partial charge in [-0.25, -0.2) is 0 Å². The molecule has 0 aliphatic heterocycles. The number of rotatable bonds is 6. The Balaban J connectivity index is 4.16. The van der Waals surface area contributed by atoms with E-state index in [1.54, 1.807) is 13.8 Å². The van der Waals surface area contributed by atoms with E-state index in [-0.39, 0.29) is 18.4 Å². The highest BCUT2D eigenvalue weighted by Gasteiger charge is 2.26. The molecule has 88 valence electrons. The summed E-state index contributed by atoms with van der Waals surface area (Å²) in [6, 6.07) is 0. The summed E-state index contributed by atoms with van der Waals surface area (Å²) in [6.45, 7) is 5.85. The number of carbonyl (C=O) groups excluding carboxylic acids is 2. The van der Waals surface area contributed by atoms with Crippen molar-refractivity contribution in [2.75, 3.05) is 13.1 Å². The van der Waals surface area contributed by atoms with Crippen molar-refractivity contribution >= 4 is 11.8 Å². The van der Waals surface area contributed by atoms with Crippen molar-refractivity contribution in [3.05, 3.63) is 0 Å². The average molecular weight is 215 g/mol. The maximum absolute atomic E-state index is 11.5. The molecule has 0 rings (SSSR count). The van der Waals surface area contributed by atoms with Gasteiger partial charge in [-0.15, -0.1) is 0 Å². The van der Waals surface area contributed by atoms with Gasteiger partial charge in [-0.3, -0.25) is 9.59 Å². The van der Waals surface area contributed by atoms with Crippen LogP contribution in [0, 0.1) is 11.3 Å². The van der Waals surface area contributed by atoms with E-state index in [2.05, 4.69) is 5.32 Å². The van der Waals surface area contributed by atoms with Gasteiger partial charge in [-0.05, 0) is 20.3 Å². The van der Waals surface area contributed by atoms with Crippen LogP contribution in [0.15, 0.2) is 0 Å². The molecule has 0 saturated carbocycles. The second-order valence-electron chi connectivity index (χ2n) is 4.31. The fraction of sp³-hybridized carbons (Fsp3) is 0.800. The number of hydrogen-bond donors (Lipinski definition) is 3. The summed E-state index contributed by atoms with van der Waals surface area (Å²) in [4.78, 5) is 22.5. The summed E-state index contributed by atoms with van der Waals surface area (Å²) >= 11 is 0. The van der Waals surface area contributed by atoms with Crippen molar-refractivity contribution in [3.8, 4) is 0 Å². The molecule has 2 amide bonds. The molecule has 1 unspecified atom stereocenters. The van der Waals surface area contributed by atoms with E-state index < -0.39 is 11.3 Å². The Morgan fingerprint density at radius 2 is 1.93 bits per heavy atom. The molecule has 5 nitrogen and oxygen atoms in total. The zero-order chi connectivity index (χ0) is 12.1. The third-order valence-electron chi connectivity index (χ3n) is 2.52. The number of nitrogens with two attached hydrogens (primary N) is 2. The first kappa shape index (κ1) is 13.9. The third-order valence-corrected chi connectivity index (χ3v) is 2.52. The molecule has 0 saturated heterocycles. The van der Waals surface area contributed by atoms with Gasteiger partial charge in [0, 0.05) is 19.0 Å². The predicted molar refractivity (Wildman–Crippen MR) is 58.8 cm³/mol. The number of carbonyl (C=O) groups is 2. The largest absolute Gasteiger partial charge is 0.369 e. The highest BCUT2D eigenvalue weighted by atomic mass is 16.2. The summed E-state index contributed by atoms with van der Waals surface area (Å²) in [5.74, 6) is -0.730. The minimum atomic E-state index is -0.720. The first-order valence-electron chi connectivity index (χ1n) is 5.12. The van der Waals surface area contributed by atoms with E-state index in [4.69, 9.17) is 11.5 Å². The van der Waals surface area contributed by atoms with Gasteiger partial charge in [0.25, 0.3) is 0 Å². The molecule has 5 N–H and O–H groups in total. The fourth-order valence-electron chi connectivity index (χ4n) is 0.999. The molecule has 0 aromatic heterocycles. The molecule has 5 heteroatoms. The molecule has 0 aliphatic rings. The first-order chi connectivity index (χ1) is 6.85. The SMILES string of the molecule is CCC(CN)C(=O)NCC(C)(C)C(N)=O. The summed E-state index contributed by atoms with van der Waals surface area (Å²) in [5, 5.41) is 2.69. The van der Waals surface area contributed by atoms with Crippen LogP contribution in [0.4, 0.5) is 0 Å². The van der Waals surface area contributed by atoms with Gasteiger partial charge >= 0.3 is 0 Å². The van der Waals surface area contributed by atoms with Crippen LogP contribution in [0.3, 0.4) is 0 Å². The van der Waals surface area contributed by atoms with Gasteiger partial charge in [0.2, 0.25) is 11.8 Å². The minimum Gasteiger partial charge on any atom is -0.369 e. The lowest BCUT2D eigenvalue weighted by atomic mass is 9.92. The van der Waals surface area contributed by atoms with Crippen molar-refractivity contribution in [2.45, 2.75) is 27.2 Å². The van der Waals surface area contributed by atoms with Crippen molar-refractivity contribution < 1.29 is 9.59 Å². The van der Waals surface area contributed by atoms with Gasteiger partial charge < -0.3 is 16.8 Å². The Bertz CT molecular complexity index is 235. The van der Waals surface area contributed by atoms with Crippen molar-refractivity contribution in [1.29, 1.82) is 0 Å². The molecule has 0 radical (unpaired) electrons. The van der Waals surface area contributed by atoms with Crippen LogP contribution in [0.5, 0.6) is 0 Å². The molecule has 0 bridgehead atoms. The lowest BCUT2D eigenvalue weighted by Crippen LogP contribution is -2.45. The van der Waals surface area contributed by atoms with Crippen LogP contribution in [-0.2, 0) is 9.59 Å². The van der Waals surface area contributed by atoms with E-state index >= 15 is 0 Å². The second-order valence-corrected chi connectivity index (χ2v) is 4.31. The monoisotopic (exact) mass is 215 g/mol. The van der Waals surface area contributed by atoms with E-state index in [0.717, 1.165) is 0 Å². The first-order valence-corrected chi connectivity index (χ1v) is 5.12. The Hall–Kier alpha value is -1.10. The number of amides is 2. The Morgan fingerprint density at radius 1 is 1.40 bits per heavy atom. The Kier molecular flexibility index (Phi) is 5.28. The number of primary amides is 1. The molecule has 0 heterocycles. The molecular formula is C10H21N3O2. The van der Waals surface area contributed by atoms with E-state index in [1.165, 1.54) is 0 Å². The van der Waals surface area contributed by atoms with Crippen molar-refractivity contribution in [3.63, 3.8) is 0 Å². The van der Waals surface area contributed by atoms with Crippen LogP contribution in [-0.4, -0.2) is 24.9 Å². The van der Waals surface area contributed by atoms with Crippen LogP contribution in [0.25, 0.3) is 0 Å². The topological polar surface area (TPSA) is 98.2 Å². The molecule has 0 aromatic rings. The van der Waals surface area contributed by atoms with Gasteiger partial charge in [0.1, 0.15) is 0 Å². The molecule has 0 spiro atoms. The molecule has 1 atom stereocenters. The van der Waals surface area contributed by atoms with Gasteiger partial charge in [-0.2, -0.15) is 0 Å². The lowest BCUT2D eigenvalue weighted by molar-refractivity contribution is -0.128. The molecule has 0 fully saturated rings. The van der Waals surface area contributed by atoms with Crippen molar-refractivity contribution in [2.24, 2.45) is 22.8 Å². The summed E-state index contributed by atoms with van der Waals surface area (Å²) in [5.41, 5.74) is 9.89. The average Bonchev–Trinajstić information content (AvgIpc) is 2.16. The maximum Gasteiger partial charge on any atom is 0.224 e. The summed E-state index contributed by atoms with van der Waals surface area (Å²) in [7, 11) is 0. The zero-order valence-electron chi connectivity index (χ0n) is 9.67. The molecule has 15 heavy (non-hydrogen) atoms. The number of nitrogens with one attached hydrogen (secondary N) is 1. The normalized spacial score (nSPS) is 13.3. The highest BCUT2D eigenvalue weighted by Crippen LogP contribution is 2.12. The fourth-order valence-corrected chi connectivity index (χ4v) is 0.999. The van der Waals surface area contributed by atoms with Crippen molar-refractivity contribution in [1.82, 2.24) is 5.32 Å². The summed E-state index contributed by atoms with van der Waals surface area (Å²) < 4.78 is 0. The second kappa shape index (κ2) is 5.70.